The Morgan fingerprint density at radius 3 is 2.88 bits per heavy atom. The van der Waals surface area contributed by atoms with E-state index in [-0.39, 0.29) is 18.1 Å². The molecule has 6 N–H and O–H groups in total. The van der Waals surface area contributed by atoms with E-state index in [0.29, 0.717) is 13.2 Å². The van der Waals surface area contributed by atoms with E-state index in [1.54, 1.807) is 0 Å². The molecule has 1 aromatic heterocycles. The van der Waals surface area contributed by atoms with Crippen molar-refractivity contribution in [2.45, 2.75) is 25.1 Å². The summed E-state index contributed by atoms with van der Waals surface area (Å²) in [4.78, 5) is 3.96. The predicted octanol–water partition coefficient (Wildman–Crippen LogP) is -0.158. The lowest BCUT2D eigenvalue weighted by Crippen LogP contribution is -2.25. The average molecular weight is 224 g/mol. The van der Waals surface area contributed by atoms with Gasteiger partial charge in [0.2, 0.25) is 0 Å². The van der Waals surface area contributed by atoms with Crippen molar-refractivity contribution in [3.05, 3.63) is 23.7 Å². The number of furan rings is 1. The van der Waals surface area contributed by atoms with Crippen LogP contribution < -0.4 is 17.2 Å². The van der Waals surface area contributed by atoms with Crippen molar-refractivity contribution < 1.29 is 9.15 Å². The Morgan fingerprint density at radius 2 is 2.25 bits per heavy atom. The van der Waals surface area contributed by atoms with Crippen molar-refractivity contribution in [2.24, 2.45) is 22.2 Å². The first-order valence-electron chi connectivity index (χ1n) is 5.18. The average Bonchev–Trinajstić information content (AvgIpc) is 2.83. The van der Waals surface area contributed by atoms with Crippen LogP contribution in [-0.2, 0) is 11.3 Å². The van der Waals surface area contributed by atoms with Gasteiger partial charge in [-0.05, 0) is 12.1 Å². The third-order valence-electron chi connectivity index (χ3n) is 2.56. The molecule has 2 rings (SSSR count). The number of guanidine groups is 1. The highest BCUT2D eigenvalue weighted by Crippen LogP contribution is 2.30. The zero-order valence-corrected chi connectivity index (χ0v) is 8.93. The van der Waals surface area contributed by atoms with Gasteiger partial charge >= 0.3 is 0 Å². The zero-order chi connectivity index (χ0) is 11.5. The Morgan fingerprint density at radius 1 is 1.44 bits per heavy atom. The van der Waals surface area contributed by atoms with Gasteiger partial charge in [0.05, 0.1) is 13.2 Å². The molecule has 0 amide bonds. The van der Waals surface area contributed by atoms with Crippen molar-refractivity contribution in [3.63, 3.8) is 0 Å². The highest BCUT2D eigenvalue weighted by Gasteiger charge is 2.28. The number of hydrogen-bond acceptors (Lipinski definition) is 4. The van der Waals surface area contributed by atoms with E-state index < -0.39 is 0 Å². The fourth-order valence-electron chi connectivity index (χ4n) is 1.78. The molecule has 88 valence electrons. The number of nitrogens with two attached hydrogens (primary N) is 3. The fraction of sp³-hybridized carbons (Fsp3) is 0.500. The van der Waals surface area contributed by atoms with Crippen LogP contribution in [0.5, 0.6) is 0 Å². The molecule has 2 heterocycles. The van der Waals surface area contributed by atoms with Crippen molar-refractivity contribution in [1.29, 1.82) is 0 Å². The van der Waals surface area contributed by atoms with Crippen LogP contribution in [0.1, 0.15) is 23.9 Å². The van der Waals surface area contributed by atoms with Gasteiger partial charge in [0.1, 0.15) is 11.5 Å². The third-order valence-corrected chi connectivity index (χ3v) is 2.56. The molecular formula is C10H16N4O2. The Hall–Kier alpha value is -1.53. The topological polar surface area (TPSA) is 113 Å². The summed E-state index contributed by atoms with van der Waals surface area (Å²) in [5.41, 5.74) is 16.1. The molecule has 2 unspecified atom stereocenters. The zero-order valence-electron chi connectivity index (χ0n) is 8.93. The summed E-state index contributed by atoms with van der Waals surface area (Å²) in [6.07, 6.45) is 0.469. The van der Waals surface area contributed by atoms with E-state index in [9.17, 15) is 0 Å². The van der Waals surface area contributed by atoms with Crippen molar-refractivity contribution >= 4 is 5.96 Å². The number of ether oxygens (including phenoxy) is 1. The molecule has 6 heteroatoms. The molecule has 0 saturated carbocycles. The van der Waals surface area contributed by atoms with Crippen molar-refractivity contribution in [1.82, 2.24) is 0 Å². The second-order valence-electron chi connectivity index (χ2n) is 3.78. The molecule has 6 nitrogen and oxygen atoms in total. The predicted molar refractivity (Wildman–Crippen MR) is 59.5 cm³/mol. The molecule has 0 bridgehead atoms. The van der Waals surface area contributed by atoms with Crippen LogP contribution in [0.4, 0.5) is 0 Å². The van der Waals surface area contributed by atoms with Gasteiger partial charge in [-0.3, -0.25) is 0 Å². The van der Waals surface area contributed by atoms with Crippen LogP contribution in [-0.4, -0.2) is 18.8 Å². The molecule has 0 spiro atoms. The number of nitrogens with zero attached hydrogens (tertiary/aromatic N) is 1. The van der Waals surface area contributed by atoms with Crippen LogP contribution in [0.15, 0.2) is 21.5 Å². The third kappa shape index (κ3) is 2.34. The first-order chi connectivity index (χ1) is 7.69. The van der Waals surface area contributed by atoms with Gasteiger partial charge in [-0.15, -0.1) is 0 Å². The summed E-state index contributed by atoms with van der Waals surface area (Å²) in [5, 5.41) is 0. The summed E-state index contributed by atoms with van der Waals surface area (Å²) in [6.45, 7) is 0.976. The molecular weight excluding hydrogens is 208 g/mol. The van der Waals surface area contributed by atoms with Gasteiger partial charge in [0.25, 0.3) is 0 Å². The molecule has 0 radical (unpaired) electrons. The van der Waals surface area contributed by atoms with Crippen LogP contribution in [0.25, 0.3) is 0 Å². The molecule has 1 saturated heterocycles. The number of hydrogen-bond donors (Lipinski definition) is 3. The highest BCUT2D eigenvalue weighted by atomic mass is 16.5. The van der Waals surface area contributed by atoms with Gasteiger partial charge < -0.3 is 26.4 Å². The summed E-state index contributed by atoms with van der Waals surface area (Å²) in [5.74, 6) is 1.91. The smallest absolute Gasteiger partial charge is 0.188 e. The molecule has 1 aliphatic rings. The van der Waals surface area contributed by atoms with Crippen LogP contribution in [0.3, 0.4) is 0 Å². The lowest BCUT2D eigenvalue weighted by Gasteiger charge is -2.03. The maximum absolute atomic E-state index is 5.55. The maximum Gasteiger partial charge on any atom is 0.188 e. The van der Waals surface area contributed by atoms with E-state index in [1.165, 1.54) is 0 Å². The molecule has 0 aromatic carbocycles. The first kappa shape index (κ1) is 11.0. The van der Waals surface area contributed by atoms with Crippen LogP contribution >= 0.6 is 0 Å². The highest BCUT2D eigenvalue weighted by molar-refractivity contribution is 5.75. The van der Waals surface area contributed by atoms with Crippen LogP contribution in [0.2, 0.25) is 0 Å². The van der Waals surface area contributed by atoms with Gasteiger partial charge in [-0.1, -0.05) is 0 Å². The Bertz CT molecular complexity index is 384. The summed E-state index contributed by atoms with van der Waals surface area (Å²) in [6, 6.07) is 3.80. The van der Waals surface area contributed by atoms with E-state index >= 15 is 0 Å². The fourth-order valence-corrected chi connectivity index (χ4v) is 1.78. The Labute approximate surface area is 93.4 Å². The molecule has 1 fully saturated rings. The maximum atomic E-state index is 5.55. The lowest BCUT2D eigenvalue weighted by atomic mass is 10.1. The van der Waals surface area contributed by atoms with Gasteiger partial charge in [0.15, 0.2) is 12.2 Å². The molecule has 2 atom stereocenters. The largest absolute Gasteiger partial charge is 0.464 e. The van der Waals surface area contributed by atoms with Crippen molar-refractivity contribution in [2.75, 3.05) is 6.61 Å². The van der Waals surface area contributed by atoms with Crippen LogP contribution in [0, 0.1) is 0 Å². The molecule has 1 aromatic rings. The molecule has 0 aliphatic carbocycles. The Kier molecular flexibility index (Phi) is 3.12. The number of rotatable bonds is 3. The minimum absolute atomic E-state index is 0.0488. The quantitative estimate of drug-likeness (QED) is 0.488. The Balaban J connectivity index is 2.00. The normalized spacial score (nSPS) is 24.6. The minimum atomic E-state index is -0.263. The number of aliphatic imine (C=N–C) groups is 1. The molecule has 16 heavy (non-hydrogen) atoms. The van der Waals surface area contributed by atoms with Gasteiger partial charge in [0, 0.05) is 12.3 Å². The van der Waals surface area contributed by atoms with E-state index in [0.717, 1.165) is 17.9 Å². The standard InChI is InChI=1S/C10H16N4O2/c11-4-7-1-2-8(16-7)6-3-9(15-5-6)14-10(12)13/h1-2,6,9H,3-5,11H2,(H4,12,13,14). The van der Waals surface area contributed by atoms with Gasteiger partial charge in [-0.25, -0.2) is 4.99 Å². The minimum Gasteiger partial charge on any atom is -0.464 e. The lowest BCUT2D eigenvalue weighted by molar-refractivity contribution is 0.115. The van der Waals surface area contributed by atoms with E-state index in [4.69, 9.17) is 26.4 Å². The summed E-state index contributed by atoms with van der Waals surface area (Å²) >= 11 is 0. The SMILES string of the molecule is NCc1ccc(C2COC(N=C(N)N)C2)o1. The second-order valence-corrected chi connectivity index (χ2v) is 3.78. The first-order valence-corrected chi connectivity index (χ1v) is 5.18. The monoisotopic (exact) mass is 224 g/mol. The van der Waals surface area contributed by atoms with Crippen molar-refractivity contribution in [3.8, 4) is 0 Å². The summed E-state index contributed by atoms with van der Waals surface area (Å²) in [7, 11) is 0. The van der Waals surface area contributed by atoms with E-state index in [2.05, 4.69) is 4.99 Å². The molecule has 1 aliphatic heterocycles. The summed E-state index contributed by atoms with van der Waals surface area (Å²) < 4.78 is 11.0. The van der Waals surface area contributed by atoms with E-state index in [1.807, 2.05) is 12.1 Å². The second kappa shape index (κ2) is 4.54. The van der Waals surface area contributed by atoms with Gasteiger partial charge in [-0.2, -0.15) is 0 Å².